The molecule has 1 aliphatic heterocycles. The van der Waals surface area contributed by atoms with Crippen LogP contribution in [0.3, 0.4) is 0 Å². The second-order valence-electron chi connectivity index (χ2n) is 8.01. The lowest BCUT2D eigenvalue weighted by Gasteiger charge is -2.40. The summed E-state index contributed by atoms with van der Waals surface area (Å²) in [5.41, 5.74) is 11.2. The minimum atomic E-state index is 0.0418. The number of nitrogens with two attached hydrogens (primary N) is 1. The maximum absolute atomic E-state index is 13.1. The molecular formula is C22H25N5O. The molecule has 5 rings (SSSR count). The van der Waals surface area contributed by atoms with Crippen LogP contribution in [-0.4, -0.2) is 38.4 Å². The van der Waals surface area contributed by atoms with Crippen molar-refractivity contribution in [1.82, 2.24) is 19.4 Å². The SMILES string of the molecule is CCn1c(N)nc2cc(C(=O)N3CCC4(CCc5ccccc54)CC3)cnc21. The Labute approximate surface area is 164 Å². The first-order valence-corrected chi connectivity index (χ1v) is 10.1. The van der Waals surface area contributed by atoms with Crippen molar-refractivity contribution in [3.8, 4) is 0 Å². The highest BCUT2D eigenvalue weighted by Crippen LogP contribution is 2.46. The number of rotatable bonds is 2. The van der Waals surface area contributed by atoms with Crippen LogP contribution in [0.25, 0.3) is 11.2 Å². The van der Waals surface area contributed by atoms with Crippen LogP contribution >= 0.6 is 0 Å². The predicted octanol–water partition coefficient (Wildman–Crippen LogP) is 3.15. The number of amides is 1. The van der Waals surface area contributed by atoms with Gasteiger partial charge in [-0.1, -0.05) is 24.3 Å². The van der Waals surface area contributed by atoms with Crippen LogP contribution in [0.4, 0.5) is 5.95 Å². The Bertz CT molecular complexity index is 1060. The normalized spacial score (nSPS) is 18.0. The van der Waals surface area contributed by atoms with Gasteiger partial charge in [-0.05, 0) is 55.2 Å². The Hall–Kier alpha value is -2.89. The van der Waals surface area contributed by atoms with E-state index in [2.05, 4.69) is 34.2 Å². The second-order valence-corrected chi connectivity index (χ2v) is 8.01. The van der Waals surface area contributed by atoms with Gasteiger partial charge in [0.05, 0.1) is 5.56 Å². The van der Waals surface area contributed by atoms with E-state index in [0.29, 0.717) is 23.6 Å². The summed E-state index contributed by atoms with van der Waals surface area (Å²) in [7, 11) is 0. The van der Waals surface area contributed by atoms with E-state index >= 15 is 0 Å². The number of nitrogen functional groups attached to an aromatic ring is 1. The molecule has 0 saturated carbocycles. The average Bonchev–Trinajstić information content (AvgIpc) is 3.24. The fourth-order valence-electron chi connectivity index (χ4n) is 5.06. The largest absolute Gasteiger partial charge is 0.369 e. The van der Waals surface area contributed by atoms with E-state index in [9.17, 15) is 4.79 Å². The minimum Gasteiger partial charge on any atom is -0.369 e. The molecule has 2 aromatic heterocycles. The predicted molar refractivity (Wildman–Crippen MR) is 109 cm³/mol. The van der Waals surface area contributed by atoms with Crippen molar-refractivity contribution in [3.63, 3.8) is 0 Å². The Balaban J connectivity index is 1.36. The van der Waals surface area contributed by atoms with Gasteiger partial charge < -0.3 is 10.6 Å². The molecular weight excluding hydrogens is 350 g/mol. The summed E-state index contributed by atoms with van der Waals surface area (Å²) >= 11 is 0. The lowest BCUT2D eigenvalue weighted by atomic mass is 9.74. The zero-order valence-electron chi connectivity index (χ0n) is 16.2. The Morgan fingerprint density at radius 1 is 1.21 bits per heavy atom. The number of hydrogen-bond acceptors (Lipinski definition) is 4. The molecule has 1 aliphatic carbocycles. The topological polar surface area (TPSA) is 77.0 Å². The van der Waals surface area contributed by atoms with Crippen molar-refractivity contribution in [2.45, 2.75) is 44.6 Å². The number of pyridine rings is 1. The van der Waals surface area contributed by atoms with E-state index in [1.54, 1.807) is 6.20 Å². The van der Waals surface area contributed by atoms with Crippen molar-refractivity contribution in [3.05, 3.63) is 53.2 Å². The zero-order chi connectivity index (χ0) is 19.3. The van der Waals surface area contributed by atoms with Gasteiger partial charge in [-0.15, -0.1) is 0 Å². The van der Waals surface area contributed by atoms with Gasteiger partial charge in [-0.2, -0.15) is 0 Å². The maximum Gasteiger partial charge on any atom is 0.255 e. The highest BCUT2D eigenvalue weighted by atomic mass is 16.2. The molecule has 3 aromatic rings. The van der Waals surface area contributed by atoms with Crippen LogP contribution in [0.1, 0.15) is 47.7 Å². The van der Waals surface area contributed by atoms with Crippen molar-refractivity contribution in [2.24, 2.45) is 0 Å². The molecule has 0 unspecified atom stereocenters. The molecule has 144 valence electrons. The molecule has 0 atom stereocenters. The molecule has 6 nitrogen and oxygen atoms in total. The van der Waals surface area contributed by atoms with Crippen molar-refractivity contribution in [1.29, 1.82) is 0 Å². The van der Waals surface area contributed by atoms with Gasteiger partial charge in [-0.25, -0.2) is 9.97 Å². The first kappa shape index (κ1) is 17.2. The summed E-state index contributed by atoms with van der Waals surface area (Å²) in [6, 6.07) is 10.6. The van der Waals surface area contributed by atoms with E-state index in [-0.39, 0.29) is 11.3 Å². The molecule has 2 N–H and O–H groups in total. The molecule has 6 heteroatoms. The van der Waals surface area contributed by atoms with E-state index < -0.39 is 0 Å². The number of anilines is 1. The van der Waals surface area contributed by atoms with E-state index in [0.717, 1.165) is 38.0 Å². The van der Waals surface area contributed by atoms with Gasteiger partial charge in [-0.3, -0.25) is 9.36 Å². The fraction of sp³-hybridized carbons (Fsp3) is 0.409. The molecule has 1 fully saturated rings. The Morgan fingerprint density at radius 2 is 2.00 bits per heavy atom. The smallest absolute Gasteiger partial charge is 0.255 e. The molecule has 1 spiro atoms. The number of carbonyl (C=O) groups excluding carboxylic acids is 1. The molecule has 1 aromatic carbocycles. The van der Waals surface area contributed by atoms with Crippen LogP contribution in [0.15, 0.2) is 36.5 Å². The molecule has 1 saturated heterocycles. The van der Waals surface area contributed by atoms with Crippen LogP contribution < -0.4 is 5.73 Å². The highest BCUT2D eigenvalue weighted by Gasteiger charge is 2.41. The molecule has 3 heterocycles. The van der Waals surface area contributed by atoms with Gasteiger partial charge in [0.25, 0.3) is 5.91 Å². The Kier molecular flexibility index (Phi) is 3.89. The van der Waals surface area contributed by atoms with Crippen LogP contribution in [0, 0.1) is 0 Å². The number of carbonyl (C=O) groups is 1. The number of aromatic nitrogens is 3. The van der Waals surface area contributed by atoms with Crippen LogP contribution in [0.2, 0.25) is 0 Å². The maximum atomic E-state index is 13.1. The minimum absolute atomic E-state index is 0.0418. The monoisotopic (exact) mass is 375 g/mol. The van der Waals surface area contributed by atoms with Gasteiger partial charge >= 0.3 is 0 Å². The number of benzene rings is 1. The lowest BCUT2D eigenvalue weighted by Crippen LogP contribution is -2.44. The van der Waals surface area contributed by atoms with Gasteiger partial charge in [0, 0.05) is 25.8 Å². The lowest BCUT2D eigenvalue weighted by molar-refractivity contribution is 0.0666. The molecule has 2 aliphatic rings. The number of piperidine rings is 1. The Morgan fingerprint density at radius 3 is 2.79 bits per heavy atom. The summed E-state index contributed by atoms with van der Waals surface area (Å²) in [6.45, 7) is 4.29. The van der Waals surface area contributed by atoms with Crippen LogP contribution in [0.5, 0.6) is 0 Å². The van der Waals surface area contributed by atoms with Crippen molar-refractivity contribution < 1.29 is 4.79 Å². The van der Waals surface area contributed by atoms with Crippen molar-refractivity contribution in [2.75, 3.05) is 18.8 Å². The van der Waals surface area contributed by atoms with Gasteiger partial charge in [0.15, 0.2) is 5.65 Å². The molecule has 0 bridgehead atoms. The summed E-state index contributed by atoms with van der Waals surface area (Å²) < 4.78 is 1.85. The molecule has 1 amide bonds. The van der Waals surface area contributed by atoms with Gasteiger partial charge in [0.2, 0.25) is 5.95 Å². The average molecular weight is 375 g/mol. The summed E-state index contributed by atoms with van der Waals surface area (Å²) in [5, 5.41) is 0. The number of nitrogens with zero attached hydrogens (tertiary/aromatic N) is 4. The first-order valence-electron chi connectivity index (χ1n) is 10.1. The van der Waals surface area contributed by atoms with Gasteiger partial charge in [0.1, 0.15) is 5.52 Å². The van der Waals surface area contributed by atoms with E-state index in [1.807, 2.05) is 22.5 Å². The first-order chi connectivity index (χ1) is 13.6. The molecule has 0 radical (unpaired) electrons. The number of fused-ring (bicyclic) bond motifs is 3. The fourth-order valence-corrected chi connectivity index (χ4v) is 5.06. The summed E-state index contributed by atoms with van der Waals surface area (Å²) in [4.78, 5) is 23.9. The number of likely N-dealkylation sites (tertiary alicyclic amines) is 1. The number of imidazole rings is 1. The van der Waals surface area contributed by atoms with E-state index in [4.69, 9.17) is 5.73 Å². The number of aryl methyl sites for hydroxylation is 2. The number of hydrogen-bond donors (Lipinski definition) is 1. The zero-order valence-corrected chi connectivity index (χ0v) is 16.2. The highest BCUT2D eigenvalue weighted by molar-refractivity contribution is 5.96. The third-order valence-corrected chi connectivity index (χ3v) is 6.65. The third kappa shape index (κ3) is 2.51. The third-order valence-electron chi connectivity index (χ3n) is 6.65. The van der Waals surface area contributed by atoms with Crippen LogP contribution in [-0.2, 0) is 18.4 Å². The second kappa shape index (κ2) is 6.33. The molecule has 28 heavy (non-hydrogen) atoms. The summed E-state index contributed by atoms with van der Waals surface area (Å²) in [6.07, 6.45) is 6.08. The van der Waals surface area contributed by atoms with E-state index in [1.165, 1.54) is 17.5 Å². The quantitative estimate of drug-likeness (QED) is 0.746. The standard InChI is InChI=1S/C22H25N5O/c1-2-27-19-18(25-21(27)23)13-16(14-24-19)20(28)26-11-9-22(10-12-26)8-7-15-5-3-4-6-17(15)22/h3-6,13-14H,2,7-12H2,1H3,(H2,23,25). The summed E-state index contributed by atoms with van der Waals surface area (Å²) in [5.74, 6) is 0.481. The van der Waals surface area contributed by atoms with Crippen molar-refractivity contribution >= 4 is 23.0 Å².